The fraction of sp³-hybridized carbons (Fsp3) is 0.438. The lowest BCUT2D eigenvalue weighted by atomic mass is 10.2. The third-order valence-corrected chi connectivity index (χ3v) is 3.01. The molecule has 5 nitrogen and oxygen atoms in total. The van der Waals surface area contributed by atoms with Crippen LogP contribution < -0.4 is 20.5 Å². The first-order chi connectivity index (χ1) is 10.2. The standard InChI is InChI=1S/C16H24N2O3/c1-20-14-8-6-13(12-15(14)21-2)7-9-16(19)18-11-5-3-4-10-17/h6-9,12H,3-5,10-11,17H2,1-2H3,(H,18,19)/b9-7+. The molecular weight excluding hydrogens is 268 g/mol. The fourth-order valence-corrected chi connectivity index (χ4v) is 1.85. The lowest BCUT2D eigenvalue weighted by Gasteiger charge is -2.07. The predicted molar refractivity (Wildman–Crippen MR) is 84.5 cm³/mol. The molecule has 0 saturated heterocycles. The van der Waals surface area contributed by atoms with Gasteiger partial charge >= 0.3 is 0 Å². The molecular formula is C16H24N2O3. The summed E-state index contributed by atoms with van der Waals surface area (Å²) in [6.45, 7) is 1.38. The van der Waals surface area contributed by atoms with Crippen molar-refractivity contribution in [2.75, 3.05) is 27.3 Å². The Morgan fingerprint density at radius 1 is 1.19 bits per heavy atom. The molecule has 0 saturated carbocycles. The number of methoxy groups -OCH3 is 2. The van der Waals surface area contributed by atoms with E-state index in [9.17, 15) is 4.79 Å². The Balaban J connectivity index is 2.46. The van der Waals surface area contributed by atoms with Crippen molar-refractivity contribution in [2.24, 2.45) is 5.73 Å². The van der Waals surface area contributed by atoms with Crippen LogP contribution in [0, 0.1) is 0 Å². The van der Waals surface area contributed by atoms with E-state index < -0.39 is 0 Å². The molecule has 0 heterocycles. The van der Waals surface area contributed by atoms with Crippen molar-refractivity contribution in [3.8, 4) is 11.5 Å². The molecule has 5 heteroatoms. The summed E-state index contributed by atoms with van der Waals surface area (Å²) in [7, 11) is 3.17. The SMILES string of the molecule is COc1ccc(/C=C/C(=O)NCCCCCN)cc1OC. The van der Waals surface area contributed by atoms with Crippen LogP contribution in [0.5, 0.6) is 11.5 Å². The summed E-state index contributed by atoms with van der Waals surface area (Å²) in [5, 5.41) is 2.84. The Bertz CT molecular complexity index is 473. The molecule has 1 amide bonds. The first-order valence-electron chi connectivity index (χ1n) is 7.09. The van der Waals surface area contributed by atoms with Crippen LogP contribution in [-0.4, -0.2) is 33.2 Å². The molecule has 0 atom stereocenters. The molecule has 0 bridgehead atoms. The van der Waals surface area contributed by atoms with Gasteiger partial charge < -0.3 is 20.5 Å². The minimum absolute atomic E-state index is 0.0995. The Labute approximate surface area is 126 Å². The fourth-order valence-electron chi connectivity index (χ4n) is 1.85. The third kappa shape index (κ3) is 6.31. The molecule has 0 fully saturated rings. The van der Waals surface area contributed by atoms with Gasteiger partial charge in [0.25, 0.3) is 0 Å². The molecule has 1 aromatic carbocycles. The van der Waals surface area contributed by atoms with Crippen molar-refractivity contribution in [3.63, 3.8) is 0 Å². The van der Waals surface area contributed by atoms with Crippen LogP contribution in [0.25, 0.3) is 6.08 Å². The zero-order chi connectivity index (χ0) is 15.5. The molecule has 0 aliphatic heterocycles. The van der Waals surface area contributed by atoms with E-state index in [1.165, 1.54) is 6.08 Å². The van der Waals surface area contributed by atoms with Crippen LogP contribution in [-0.2, 0) is 4.79 Å². The number of unbranched alkanes of at least 4 members (excludes halogenated alkanes) is 2. The van der Waals surface area contributed by atoms with E-state index in [1.807, 2.05) is 18.2 Å². The maximum atomic E-state index is 11.6. The number of nitrogens with one attached hydrogen (secondary N) is 1. The minimum Gasteiger partial charge on any atom is -0.493 e. The van der Waals surface area contributed by atoms with Gasteiger partial charge in [-0.15, -0.1) is 0 Å². The summed E-state index contributed by atoms with van der Waals surface area (Å²) in [5.41, 5.74) is 6.29. The summed E-state index contributed by atoms with van der Waals surface area (Å²) >= 11 is 0. The smallest absolute Gasteiger partial charge is 0.243 e. The van der Waals surface area contributed by atoms with E-state index in [4.69, 9.17) is 15.2 Å². The topological polar surface area (TPSA) is 73.6 Å². The van der Waals surface area contributed by atoms with Gasteiger partial charge in [-0.2, -0.15) is 0 Å². The first-order valence-corrected chi connectivity index (χ1v) is 7.09. The molecule has 0 radical (unpaired) electrons. The highest BCUT2D eigenvalue weighted by Gasteiger charge is 2.03. The van der Waals surface area contributed by atoms with E-state index in [-0.39, 0.29) is 5.91 Å². The minimum atomic E-state index is -0.0995. The third-order valence-electron chi connectivity index (χ3n) is 3.01. The molecule has 1 aromatic rings. The monoisotopic (exact) mass is 292 g/mol. The Kier molecular flexibility index (Phi) is 7.97. The van der Waals surface area contributed by atoms with Crippen molar-refractivity contribution >= 4 is 12.0 Å². The van der Waals surface area contributed by atoms with Gasteiger partial charge in [-0.05, 0) is 43.2 Å². The summed E-state index contributed by atoms with van der Waals surface area (Å²) in [5.74, 6) is 1.21. The zero-order valence-corrected chi connectivity index (χ0v) is 12.7. The van der Waals surface area contributed by atoms with E-state index in [1.54, 1.807) is 20.3 Å². The van der Waals surface area contributed by atoms with Crippen LogP contribution in [0.3, 0.4) is 0 Å². The highest BCUT2D eigenvalue weighted by molar-refractivity contribution is 5.91. The van der Waals surface area contributed by atoms with E-state index in [0.29, 0.717) is 24.6 Å². The predicted octanol–water partition coefficient (Wildman–Crippen LogP) is 1.96. The zero-order valence-electron chi connectivity index (χ0n) is 12.7. The van der Waals surface area contributed by atoms with Gasteiger partial charge in [0.05, 0.1) is 14.2 Å². The lowest BCUT2D eigenvalue weighted by Crippen LogP contribution is -2.22. The van der Waals surface area contributed by atoms with Crippen molar-refractivity contribution in [1.29, 1.82) is 0 Å². The molecule has 0 aliphatic rings. The number of amides is 1. The maximum absolute atomic E-state index is 11.6. The highest BCUT2D eigenvalue weighted by Crippen LogP contribution is 2.27. The van der Waals surface area contributed by atoms with E-state index >= 15 is 0 Å². The lowest BCUT2D eigenvalue weighted by molar-refractivity contribution is -0.116. The van der Waals surface area contributed by atoms with Gasteiger partial charge in [0.2, 0.25) is 5.91 Å². The molecule has 1 rings (SSSR count). The van der Waals surface area contributed by atoms with Crippen molar-refractivity contribution in [1.82, 2.24) is 5.32 Å². The van der Waals surface area contributed by atoms with Crippen LogP contribution in [0.2, 0.25) is 0 Å². The average Bonchev–Trinajstić information content (AvgIpc) is 2.52. The second-order valence-corrected chi connectivity index (χ2v) is 4.59. The second kappa shape index (κ2) is 9.83. The Morgan fingerprint density at radius 2 is 1.95 bits per heavy atom. The summed E-state index contributed by atoms with van der Waals surface area (Å²) in [6, 6.07) is 5.50. The highest BCUT2D eigenvalue weighted by atomic mass is 16.5. The molecule has 116 valence electrons. The van der Waals surface area contributed by atoms with Crippen molar-refractivity contribution < 1.29 is 14.3 Å². The van der Waals surface area contributed by atoms with Crippen LogP contribution in [0.1, 0.15) is 24.8 Å². The van der Waals surface area contributed by atoms with E-state index in [0.717, 1.165) is 24.8 Å². The Hall–Kier alpha value is -2.01. The van der Waals surface area contributed by atoms with Crippen molar-refractivity contribution in [2.45, 2.75) is 19.3 Å². The molecule has 0 aromatic heterocycles. The number of hydrogen-bond acceptors (Lipinski definition) is 4. The van der Waals surface area contributed by atoms with Crippen LogP contribution >= 0.6 is 0 Å². The van der Waals surface area contributed by atoms with Gasteiger partial charge in [-0.1, -0.05) is 12.5 Å². The quantitative estimate of drug-likeness (QED) is 0.539. The largest absolute Gasteiger partial charge is 0.493 e. The maximum Gasteiger partial charge on any atom is 0.243 e. The van der Waals surface area contributed by atoms with Gasteiger partial charge in [0.1, 0.15) is 0 Å². The molecule has 0 spiro atoms. The summed E-state index contributed by atoms with van der Waals surface area (Å²) in [4.78, 5) is 11.6. The molecule has 0 unspecified atom stereocenters. The second-order valence-electron chi connectivity index (χ2n) is 4.59. The van der Waals surface area contributed by atoms with E-state index in [2.05, 4.69) is 5.32 Å². The van der Waals surface area contributed by atoms with Gasteiger partial charge in [-0.3, -0.25) is 4.79 Å². The first kappa shape index (κ1) is 17.0. The number of carbonyl (C=O) groups is 1. The number of carbonyl (C=O) groups excluding carboxylic acids is 1. The van der Waals surface area contributed by atoms with Gasteiger partial charge in [0, 0.05) is 12.6 Å². The molecule has 3 N–H and O–H groups in total. The number of rotatable bonds is 9. The number of hydrogen-bond donors (Lipinski definition) is 2. The number of nitrogens with two attached hydrogens (primary N) is 1. The van der Waals surface area contributed by atoms with Crippen molar-refractivity contribution in [3.05, 3.63) is 29.8 Å². The van der Waals surface area contributed by atoms with Crippen LogP contribution in [0.4, 0.5) is 0 Å². The summed E-state index contributed by atoms with van der Waals surface area (Å²) < 4.78 is 10.4. The van der Waals surface area contributed by atoms with Gasteiger partial charge in [0.15, 0.2) is 11.5 Å². The van der Waals surface area contributed by atoms with Crippen LogP contribution in [0.15, 0.2) is 24.3 Å². The molecule has 0 aliphatic carbocycles. The summed E-state index contributed by atoms with van der Waals surface area (Å²) in [6.07, 6.45) is 6.25. The Morgan fingerprint density at radius 3 is 2.62 bits per heavy atom. The number of ether oxygens (including phenoxy) is 2. The van der Waals surface area contributed by atoms with Gasteiger partial charge in [-0.25, -0.2) is 0 Å². The normalized spacial score (nSPS) is 10.6. The average molecular weight is 292 g/mol. The molecule has 21 heavy (non-hydrogen) atoms. The number of benzene rings is 1.